The van der Waals surface area contributed by atoms with E-state index in [1.165, 1.54) is 5.56 Å². The fourth-order valence-corrected chi connectivity index (χ4v) is 2.18. The Balaban J connectivity index is 2.32. The van der Waals surface area contributed by atoms with Gasteiger partial charge in [0.05, 0.1) is 16.7 Å². The van der Waals surface area contributed by atoms with Crippen molar-refractivity contribution in [1.29, 1.82) is 0 Å². The third kappa shape index (κ3) is 1.64. The molecule has 0 atom stereocenters. The average molecular weight is 238 g/mol. The van der Waals surface area contributed by atoms with Gasteiger partial charge in [0.25, 0.3) is 0 Å². The number of fused-ring (bicyclic) bond motifs is 1. The van der Waals surface area contributed by atoms with Crippen LogP contribution in [0, 0.1) is 13.8 Å². The van der Waals surface area contributed by atoms with Crippen LogP contribution in [0.1, 0.15) is 11.1 Å². The van der Waals surface area contributed by atoms with Gasteiger partial charge in [-0.15, -0.1) is 0 Å². The highest BCUT2D eigenvalue weighted by atomic mass is 16.1. The fourth-order valence-electron chi connectivity index (χ4n) is 2.18. The van der Waals surface area contributed by atoms with Gasteiger partial charge >= 0.3 is 5.69 Å². The first kappa shape index (κ1) is 10.8. The van der Waals surface area contributed by atoms with Crippen molar-refractivity contribution in [1.82, 2.24) is 9.55 Å². The summed E-state index contributed by atoms with van der Waals surface area (Å²) >= 11 is 0. The zero-order valence-electron chi connectivity index (χ0n) is 10.4. The van der Waals surface area contributed by atoms with Crippen molar-refractivity contribution < 1.29 is 0 Å². The molecule has 0 amide bonds. The molecule has 0 saturated carbocycles. The molecule has 1 N–H and O–H groups in total. The number of hydrogen-bond acceptors (Lipinski definition) is 1. The summed E-state index contributed by atoms with van der Waals surface area (Å²) in [7, 11) is 0. The summed E-state index contributed by atoms with van der Waals surface area (Å²) in [5.41, 5.74) is 4.90. The molecule has 1 heterocycles. The lowest BCUT2D eigenvalue weighted by atomic mass is 10.2. The zero-order valence-corrected chi connectivity index (χ0v) is 10.4. The minimum Gasteiger partial charge on any atom is -0.305 e. The third-order valence-electron chi connectivity index (χ3n) is 3.13. The van der Waals surface area contributed by atoms with Crippen molar-refractivity contribution in [3.05, 3.63) is 64.1 Å². The second kappa shape index (κ2) is 3.88. The standard InChI is InChI=1S/C15H14N2O/c1-10-3-6-12(7-4-10)17-14-8-5-11(2)9-13(14)16-15(17)18/h3-9H,1-2H3,(H,16,18). The maximum absolute atomic E-state index is 12.0. The zero-order chi connectivity index (χ0) is 12.7. The average Bonchev–Trinajstić information content (AvgIpc) is 2.65. The van der Waals surface area contributed by atoms with E-state index in [0.29, 0.717) is 0 Å². The van der Waals surface area contributed by atoms with E-state index < -0.39 is 0 Å². The molecule has 3 heteroatoms. The van der Waals surface area contributed by atoms with E-state index in [-0.39, 0.29) is 5.69 Å². The Morgan fingerprint density at radius 3 is 2.33 bits per heavy atom. The molecule has 0 aliphatic heterocycles. The van der Waals surface area contributed by atoms with Crippen molar-refractivity contribution in [2.45, 2.75) is 13.8 Å². The number of aryl methyl sites for hydroxylation is 2. The van der Waals surface area contributed by atoms with Gasteiger partial charge in [0, 0.05) is 0 Å². The van der Waals surface area contributed by atoms with Crippen molar-refractivity contribution in [3.8, 4) is 5.69 Å². The summed E-state index contributed by atoms with van der Waals surface area (Å²) in [6.45, 7) is 4.05. The first-order chi connectivity index (χ1) is 8.65. The van der Waals surface area contributed by atoms with Crippen LogP contribution in [-0.2, 0) is 0 Å². The summed E-state index contributed by atoms with van der Waals surface area (Å²) in [6, 6.07) is 13.9. The molecule has 18 heavy (non-hydrogen) atoms. The quantitative estimate of drug-likeness (QED) is 0.695. The smallest absolute Gasteiger partial charge is 0.305 e. The molecule has 0 unspecified atom stereocenters. The van der Waals surface area contributed by atoms with E-state index in [1.54, 1.807) is 4.57 Å². The molecule has 0 spiro atoms. The fraction of sp³-hybridized carbons (Fsp3) is 0.133. The predicted molar refractivity (Wildman–Crippen MR) is 73.4 cm³/mol. The Morgan fingerprint density at radius 1 is 0.944 bits per heavy atom. The molecule has 2 aromatic carbocycles. The van der Waals surface area contributed by atoms with Gasteiger partial charge in [-0.3, -0.25) is 4.57 Å². The molecular weight excluding hydrogens is 224 g/mol. The Kier molecular flexibility index (Phi) is 2.33. The van der Waals surface area contributed by atoms with E-state index in [0.717, 1.165) is 22.3 Å². The van der Waals surface area contributed by atoms with E-state index in [4.69, 9.17) is 0 Å². The highest BCUT2D eigenvalue weighted by molar-refractivity contribution is 5.78. The van der Waals surface area contributed by atoms with Crippen LogP contribution in [0.4, 0.5) is 0 Å². The summed E-state index contributed by atoms with van der Waals surface area (Å²) < 4.78 is 1.70. The molecule has 3 rings (SSSR count). The van der Waals surface area contributed by atoms with Crippen LogP contribution in [0.15, 0.2) is 47.3 Å². The van der Waals surface area contributed by atoms with Gasteiger partial charge in [-0.05, 0) is 43.7 Å². The normalized spacial score (nSPS) is 11.0. The van der Waals surface area contributed by atoms with Gasteiger partial charge in [-0.2, -0.15) is 0 Å². The largest absolute Gasteiger partial charge is 0.331 e. The van der Waals surface area contributed by atoms with Crippen LogP contribution in [0.2, 0.25) is 0 Å². The number of aromatic amines is 1. The second-order valence-corrected chi connectivity index (χ2v) is 4.62. The molecule has 90 valence electrons. The Hall–Kier alpha value is -2.29. The molecule has 3 nitrogen and oxygen atoms in total. The Morgan fingerprint density at radius 2 is 1.61 bits per heavy atom. The molecule has 0 aliphatic rings. The van der Waals surface area contributed by atoms with E-state index in [1.807, 2.05) is 56.3 Å². The maximum atomic E-state index is 12.0. The van der Waals surface area contributed by atoms with Gasteiger partial charge < -0.3 is 4.98 Å². The molecule has 0 saturated heterocycles. The summed E-state index contributed by atoms with van der Waals surface area (Å²) in [5.74, 6) is 0. The van der Waals surface area contributed by atoms with Crippen molar-refractivity contribution >= 4 is 11.0 Å². The van der Waals surface area contributed by atoms with Gasteiger partial charge in [0.15, 0.2) is 0 Å². The van der Waals surface area contributed by atoms with Crippen LogP contribution >= 0.6 is 0 Å². The SMILES string of the molecule is Cc1ccc(-n2c(=O)[nH]c3cc(C)ccc32)cc1. The summed E-state index contributed by atoms with van der Waals surface area (Å²) in [6.07, 6.45) is 0. The maximum Gasteiger partial charge on any atom is 0.331 e. The van der Waals surface area contributed by atoms with Gasteiger partial charge in [0.1, 0.15) is 0 Å². The number of aromatic nitrogens is 2. The number of hydrogen-bond donors (Lipinski definition) is 1. The monoisotopic (exact) mass is 238 g/mol. The number of nitrogens with zero attached hydrogens (tertiary/aromatic N) is 1. The number of benzene rings is 2. The van der Waals surface area contributed by atoms with Crippen LogP contribution in [0.5, 0.6) is 0 Å². The number of imidazole rings is 1. The molecule has 3 aromatic rings. The minimum absolute atomic E-state index is 0.0977. The predicted octanol–water partition coefficient (Wildman–Crippen LogP) is 2.94. The summed E-state index contributed by atoms with van der Waals surface area (Å²) in [5, 5.41) is 0. The van der Waals surface area contributed by atoms with Gasteiger partial charge in [-0.25, -0.2) is 4.79 Å². The van der Waals surface area contributed by atoms with Crippen LogP contribution in [-0.4, -0.2) is 9.55 Å². The topological polar surface area (TPSA) is 37.8 Å². The number of nitrogens with one attached hydrogen (secondary N) is 1. The lowest BCUT2D eigenvalue weighted by Gasteiger charge is -2.03. The van der Waals surface area contributed by atoms with E-state index in [9.17, 15) is 4.79 Å². The highest BCUT2D eigenvalue weighted by Crippen LogP contribution is 2.17. The third-order valence-corrected chi connectivity index (χ3v) is 3.13. The van der Waals surface area contributed by atoms with E-state index >= 15 is 0 Å². The first-order valence-electron chi connectivity index (χ1n) is 5.93. The highest BCUT2D eigenvalue weighted by Gasteiger charge is 2.08. The van der Waals surface area contributed by atoms with Crippen LogP contribution < -0.4 is 5.69 Å². The van der Waals surface area contributed by atoms with Crippen LogP contribution in [0.25, 0.3) is 16.7 Å². The lowest BCUT2D eigenvalue weighted by Crippen LogP contribution is -2.14. The molecule has 0 bridgehead atoms. The van der Waals surface area contributed by atoms with Crippen molar-refractivity contribution in [3.63, 3.8) is 0 Å². The van der Waals surface area contributed by atoms with E-state index in [2.05, 4.69) is 4.98 Å². The number of rotatable bonds is 1. The second-order valence-electron chi connectivity index (χ2n) is 4.62. The first-order valence-corrected chi connectivity index (χ1v) is 5.93. The Labute approximate surface area is 105 Å². The molecule has 1 aromatic heterocycles. The minimum atomic E-state index is -0.0977. The van der Waals surface area contributed by atoms with Crippen LogP contribution in [0.3, 0.4) is 0 Å². The molecular formula is C15H14N2O. The lowest BCUT2D eigenvalue weighted by molar-refractivity contribution is 1.01. The molecule has 0 radical (unpaired) electrons. The van der Waals surface area contributed by atoms with Gasteiger partial charge in [-0.1, -0.05) is 23.8 Å². The number of H-pyrrole nitrogens is 1. The molecule has 0 aliphatic carbocycles. The summed E-state index contributed by atoms with van der Waals surface area (Å²) in [4.78, 5) is 14.9. The Bertz CT molecular complexity index is 763. The van der Waals surface area contributed by atoms with Crippen molar-refractivity contribution in [2.24, 2.45) is 0 Å². The van der Waals surface area contributed by atoms with Gasteiger partial charge in [0.2, 0.25) is 0 Å². The molecule has 0 fully saturated rings. The van der Waals surface area contributed by atoms with Crippen molar-refractivity contribution in [2.75, 3.05) is 0 Å².